The van der Waals surface area contributed by atoms with E-state index >= 15 is 0 Å². The second-order valence-corrected chi connectivity index (χ2v) is 7.93. The molecule has 0 aliphatic rings. The van der Waals surface area contributed by atoms with Crippen LogP contribution in [0.2, 0.25) is 0 Å². The molecular formula is C28H23IN2O5. The van der Waals surface area contributed by atoms with Gasteiger partial charge in [0.05, 0.1) is 26.5 Å². The highest BCUT2D eigenvalue weighted by Crippen LogP contribution is 2.31. The molecule has 0 fully saturated rings. The minimum atomic E-state index is -0.637. The number of para-hydroxylation sites is 1. The van der Waals surface area contributed by atoms with Gasteiger partial charge in [-0.15, -0.1) is 0 Å². The fourth-order valence-corrected chi connectivity index (χ4v) is 3.69. The van der Waals surface area contributed by atoms with Gasteiger partial charge >= 0.3 is 18.0 Å². The lowest BCUT2D eigenvalue weighted by molar-refractivity contribution is -0.134. The molecule has 1 N–H and O–H groups in total. The standard InChI is InChI=1S/C28H23IN2O5/c1-35-27(33)18-24(23-10-6-7-11-25(23)30-28(34)36-2)21-12-14-22(15-13-21)31(26(32)16-17-29)19-20-8-4-3-5-9-20/h3-15,18H,19H2,1-2H3,(H,30,34)/b24-18-. The quantitative estimate of drug-likeness (QED) is 0.172. The summed E-state index contributed by atoms with van der Waals surface area (Å²) in [6.07, 6.45) is 0.711. The summed E-state index contributed by atoms with van der Waals surface area (Å²) in [4.78, 5) is 38.4. The Morgan fingerprint density at radius 1 is 0.917 bits per heavy atom. The predicted octanol–water partition coefficient (Wildman–Crippen LogP) is 5.40. The van der Waals surface area contributed by atoms with Gasteiger partial charge in [0.15, 0.2) is 0 Å². The molecule has 0 aliphatic carbocycles. The first-order valence-corrected chi connectivity index (χ1v) is 11.9. The Kier molecular flexibility index (Phi) is 9.65. The molecule has 3 aromatic carbocycles. The van der Waals surface area contributed by atoms with Crippen LogP contribution in [0, 0.1) is 9.85 Å². The third-order valence-corrected chi connectivity index (χ3v) is 5.45. The van der Waals surface area contributed by atoms with Crippen LogP contribution in [0.25, 0.3) is 5.57 Å². The van der Waals surface area contributed by atoms with E-state index in [2.05, 4.69) is 15.2 Å². The summed E-state index contributed by atoms with van der Waals surface area (Å²) in [6.45, 7) is 0.348. The van der Waals surface area contributed by atoms with Crippen molar-refractivity contribution in [3.05, 3.63) is 102 Å². The molecule has 0 bridgehead atoms. The van der Waals surface area contributed by atoms with Crippen LogP contribution in [0.1, 0.15) is 16.7 Å². The summed E-state index contributed by atoms with van der Waals surface area (Å²) in [7, 11) is 2.56. The molecule has 0 radical (unpaired) electrons. The number of anilines is 2. The molecule has 36 heavy (non-hydrogen) atoms. The molecule has 0 saturated heterocycles. The molecule has 0 aliphatic heterocycles. The Morgan fingerprint density at radius 2 is 1.58 bits per heavy atom. The van der Waals surface area contributed by atoms with Crippen LogP contribution in [-0.2, 0) is 25.6 Å². The van der Waals surface area contributed by atoms with E-state index in [0.29, 0.717) is 34.6 Å². The molecule has 3 aromatic rings. The van der Waals surface area contributed by atoms with Gasteiger partial charge in [0.2, 0.25) is 0 Å². The van der Waals surface area contributed by atoms with Gasteiger partial charge in [-0.05, 0) is 38.8 Å². The number of benzene rings is 3. The molecule has 182 valence electrons. The second-order valence-electron chi connectivity index (χ2n) is 7.39. The van der Waals surface area contributed by atoms with E-state index in [9.17, 15) is 14.4 Å². The minimum absolute atomic E-state index is 0.334. The Bertz CT molecular complexity index is 1330. The van der Waals surface area contributed by atoms with Crippen LogP contribution in [0.4, 0.5) is 16.2 Å². The van der Waals surface area contributed by atoms with Gasteiger partial charge in [0.1, 0.15) is 0 Å². The van der Waals surface area contributed by atoms with Crippen LogP contribution in [-0.4, -0.2) is 32.2 Å². The molecule has 0 aromatic heterocycles. The lowest BCUT2D eigenvalue weighted by Gasteiger charge is -2.21. The molecular weight excluding hydrogens is 571 g/mol. The van der Waals surface area contributed by atoms with Crippen LogP contribution in [0.3, 0.4) is 0 Å². The summed E-state index contributed by atoms with van der Waals surface area (Å²) in [5, 5.41) is 2.66. The zero-order valence-corrected chi connectivity index (χ0v) is 21.8. The normalized spacial score (nSPS) is 10.5. The number of hydrogen-bond donors (Lipinski definition) is 1. The number of halogens is 1. The number of carbonyl (C=O) groups excluding carboxylic acids is 3. The Balaban J connectivity index is 2.03. The molecule has 8 heteroatoms. The van der Waals surface area contributed by atoms with E-state index in [-0.39, 0.29) is 5.91 Å². The van der Waals surface area contributed by atoms with E-state index in [4.69, 9.17) is 9.47 Å². The van der Waals surface area contributed by atoms with E-state index in [1.54, 1.807) is 53.4 Å². The zero-order valence-electron chi connectivity index (χ0n) is 19.7. The third-order valence-electron chi connectivity index (χ3n) is 5.18. The summed E-state index contributed by atoms with van der Waals surface area (Å²) in [5.41, 5.74) is 3.85. The van der Waals surface area contributed by atoms with E-state index in [1.165, 1.54) is 20.3 Å². The van der Waals surface area contributed by atoms with Gasteiger partial charge < -0.3 is 9.47 Å². The summed E-state index contributed by atoms with van der Waals surface area (Å²) in [6, 6.07) is 23.8. The third kappa shape index (κ3) is 6.96. The average Bonchev–Trinajstić information content (AvgIpc) is 2.91. The first-order valence-electron chi connectivity index (χ1n) is 10.8. The fraction of sp³-hybridized carbons (Fsp3) is 0.107. The summed E-state index contributed by atoms with van der Waals surface area (Å²) >= 11 is 1.84. The molecule has 3 rings (SSSR count). The van der Waals surface area contributed by atoms with Crippen molar-refractivity contribution in [2.24, 2.45) is 0 Å². The van der Waals surface area contributed by atoms with Crippen LogP contribution < -0.4 is 10.2 Å². The maximum Gasteiger partial charge on any atom is 0.411 e. The molecule has 0 atom stereocenters. The van der Waals surface area contributed by atoms with Crippen LogP contribution in [0.5, 0.6) is 0 Å². The van der Waals surface area contributed by atoms with Gasteiger partial charge in [-0.1, -0.05) is 60.7 Å². The lowest BCUT2D eigenvalue weighted by atomic mass is 9.95. The monoisotopic (exact) mass is 594 g/mol. The topological polar surface area (TPSA) is 84.9 Å². The number of carbonyl (C=O) groups is 3. The van der Waals surface area contributed by atoms with Crippen LogP contribution in [0.15, 0.2) is 84.9 Å². The number of hydrogen-bond acceptors (Lipinski definition) is 5. The van der Waals surface area contributed by atoms with Gasteiger partial charge in [-0.25, -0.2) is 9.59 Å². The van der Waals surface area contributed by atoms with E-state index in [1.807, 2.05) is 52.9 Å². The van der Waals surface area contributed by atoms with Crippen molar-refractivity contribution in [2.45, 2.75) is 6.54 Å². The molecule has 0 unspecified atom stereocenters. The number of methoxy groups -OCH3 is 2. The van der Waals surface area contributed by atoms with Crippen molar-refractivity contribution < 1.29 is 23.9 Å². The number of rotatable bonds is 7. The smallest absolute Gasteiger partial charge is 0.411 e. The Hall–Kier alpha value is -4.10. The first-order chi connectivity index (χ1) is 17.5. The number of esters is 1. The van der Waals surface area contributed by atoms with Gasteiger partial charge in [-0.2, -0.15) is 0 Å². The Morgan fingerprint density at radius 3 is 2.22 bits per heavy atom. The number of ether oxygens (including phenoxy) is 2. The van der Waals surface area contributed by atoms with E-state index < -0.39 is 12.1 Å². The molecule has 0 heterocycles. The first kappa shape index (κ1) is 26.5. The van der Waals surface area contributed by atoms with Crippen molar-refractivity contribution in [3.8, 4) is 9.85 Å². The number of amides is 2. The fourth-order valence-electron chi connectivity index (χ4n) is 3.46. The summed E-state index contributed by atoms with van der Waals surface area (Å²) < 4.78 is 12.2. The SMILES string of the molecule is COC(=O)/C=C(/c1ccc(N(Cc2ccccc2)C(=O)C#CI)cc1)c1ccccc1NC(=O)OC. The zero-order chi connectivity index (χ0) is 25.9. The largest absolute Gasteiger partial charge is 0.466 e. The minimum Gasteiger partial charge on any atom is -0.466 e. The van der Waals surface area contributed by atoms with Crippen molar-refractivity contribution in [3.63, 3.8) is 0 Å². The highest BCUT2D eigenvalue weighted by molar-refractivity contribution is 14.1. The highest BCUT2D eigenvalue weighted by Gasteiger charge is 2.17. The number of nitrogens with one attached hydrogen (secondary N) is 1. The maximum absolute atomic E-state index is 12.8. The molecule has 7 nitrogen and oxygen atoms in total. The van der Waals surface area contributed by atoms with Crippen molar-refractivity contribution in [1.29, 1.82) is 0 Å². The summed E-state index contributed by atoms with van der Waals surface area (Å²) in [5.74, 6) is 1.70. The average molecular weight is 594 g/mol. The highest BCUT2D eigenvalue weighted by atomic mass is 127. The molecule has 2 amide bonds. The Labute approximate surface area is 223 Å². The van der Waals surface area contributed by atoms with Crippen molar-refractivity contribution >= 4 is 57.5 Å². The second kappa shape index (κ2) is 13.1. The molecule has 0 spiro atoms. The number of nitrogens with zero attached hydrogens (tertiary/aromatic N) is 1. The predicted molar refractivity (Wildman–Crippen MR) is 147 cm³/mol. The van der Waals surface area contributed by atoms with Crippen molar-refractivity contribution in [1.82, 2.24) is 0 Å². The maximum atomic E-state index is 12.8. The molecule has 0 saturated carbocycles. The van der Waals surface area contributed by atoms with Gasteiger partial charge in [-0.3, -0.25) is 15.0 Å². The lowest BCUT2D eigenvalue weighted by Crippen LogP contribution is -2.29. The van der Waals surface area contributed by atoms with Crippen molar-refractivity contribution in [2.75, 3.05) is 24.4 Å². The van der Waals surface area contributed by atoms with E-state index in [0.717, 1.165) is 5.56 Å². The van der Waals surface area contributed by atoms with Gasteiger partial charge in [0, 0.05) is 45.8 Å². The van der Waals surface area contributed by atoms with Gasteiger partial charge in [0.25, 0.3) is 0 Å². The van der Waals surface area contributed by atoms with Crippen LogP contribution >= 0.6 is 22.6 Å².